The molecule has 4 rings (SSSR count). The van der Waals surface area contributed by atoms with Gasteiger partial charge in [0.2, 0.25) is 0 Å². The van der Waals surface area contributed by atoms with Crippen LogP contribution in [-0.4, -0.2) is 0 Å². The second-order valence-corrected chi connectivity index (χ2v) is 8.25. The van der Waals surface area contributed by atoms with Gasteiger partial charge in [0.25, 0.3) is 0 Å². The van der Waals surface area contributed by atoms with E-state index in [4.69, 9.17) is 0 Å². The highest BCUT2D eigenvalue weighted by Crippen LogP contribution is 2.55. The van der Waals surface area contributed by atoms with Gasteiger partial charge in [0, 0.05) is 0 Å². The molecular formula is C20H32. The highest BCUT2D eigenvalue weighted by Gasteiger charge is 2.44. The molecular weight excluding hydrogens is 240 g/mol. The molecule has 4 atom stereocenters. The van der Waals surface area contributed by atoms with E-state index in [2.05, 4.69) is 6.42 Å². The van der Waals surface area contributed by atoms with Crippen LogP contribution in [0.25, 0.3) is 0 Å². The van der Waals surface area contributed by atoms with E-state index < -0.39 is 0 Å². The Morgan fingerprint density at radius 3 is 2.25 bits per heavy atom. The quantitative estimate of drug-likeness (QED) is 0.593. The van der Waals surface area contributed by atoms with Crippen LogP contribution in [0.3, 0.4) is 0 Å². The van der Waals surface area contributed by atoms with E-state index in [9.17, 15) is 0 Å². The Hall–Kier alpha value is 0. The van der Waals surface area contributed by atoms with E-state index in [0.717, 1.165) is 29.6 Å². The van der Waals surface area contributed by atoms with Gasteiger partial charge in [-0.3, -0.25) is 0 Å². The van der Waals surface area contributed by atoms with E-state index in [1.165, 1.54) is 38.5 Å². The lowest BCUT2D eigenvalue weighted by molar-refractivity contribution is 0.121. The maximum Gasteiger partial charge on any atom is -0.0207 e. The number of rotatable bonds is 3. The standard InChI is InChI=1S/C20H32/c1-2-6-15(7-3-1)17-8-4-9-18(14-17)20-11-5-10-19(20)16-12-13-16/h1,15,17-20H,2-14H2. The first-order chi connectivity index (χ1) is 9.92. The molecule has 0 spiro atoms. The molecule has 20 heavy (non-hydrogen) atoms. The Balaban J connectivity index is 1.38. The van der Waals surface area contributed by atoms with Crippen molar-refractivity contribution in [3.63, 3.8) is 0 Å². The van der Waals surface area contributed by atoms with Crippen LogP contribution in [0.1, 0.15) is 83.5 Å². The van der Waals surface area contributed by atoms with Crippen LogP contribution < -0.4 is 0 Å². The minimum atomic E-state index is 1.08. The molecule has 0 aliphatic heterocycles. The fourth-order valence-corrected chi connectivity index (χ4v) is 6.01. The average molecular weight is 272 g/mol. The van der Waals surface area contributed by atoms with Gasteiger partial charge in [0.05, 0.1) is 0 Å². The SMILES string of the molecule is [CH]1CCC(C2CCCC(C3CCCC3[C]3CC3)C2)CC1. The minimum Gasteiger partial charge on any atom is -0.0528 e. The Morgan fingerprint density at radius 1 is 0.700 bits per heavy atom. The van der Waals surface area contributed by atoms with E-state index in [0.29, 0.717) is 0 Å². The van der Waals surface area contributed by atoms with Gasteiger partial charge in [-0.05, 0) is 99.7 Å². The summed E-state index contributed by atoms with van der Waals surface area (Å²) < 4.78 is 0. The summed E-state index contributed by atoms with van der Waals surface area (Å²) in [6, 6.07) is 0. The van der Waals surface area contributed by atoms with Crippen LogP contribution in [0, 0.1) is 41.9 Å². The van der Waals surface area contributed by atoms with Crippen molar-refractivity contribution in [2.24, 2.45) is 29.6 Å². The summed E-state index contributed by atoms with van der Waals surface area (Å²) in [5.74, 6) is 7.48. The van der Waals surface area contributed by atoms with Crippen molar-refractivity contribution < 1.29 is 0 Å². The molecule has 2 radical (unpaired) electrons. The summed E-state index contributed by atoms with van der Waals surface area (Å²) in [6.07, 6.45) is 22.4. The Kier molecular flexibility index (Phi) is 4.10. The summed E-state index contributed by atoms with van der Waals surface area (Å²) in [5.41, 5.74) is 0. The molecule has 4 fully saturated rings. The molecule has 112 valence electrons. The molecule has 0 saturated heterocycles. The van der Waals surface area contributed by atoms with Crippen molar-refractivity contribution in [2.75, 3.05) is 0 Å². The summed E-state index contributed by atoms with van der Waals surface area (Å²) in [6.45, 7) is 0. The first-order valence-electron chi connectivity index (χ1n) is 9.58. The molecule has 4 aliphatic rings. The van der Waals surface area contributed by atoms with Crippen LogP contribution in [0.2, 0.25) is 0 Å². The van der Waals surface area contributed by atoms with Gasteiger partial charge in [-0.25, -0.2) is 0 Å². The molecule has 0 nitrogen and oxygen atoms in total. The van der Waals surface area contributed by atoms with E-state index >= 15 is 0 Å². The van der Waals surface area contributed by atoms with E-state index in [1.54, 1.807) is 44.9 Å². The maximum absolute atomic E-state index is 2.54. The molecule has 0 heterocycles. The highest BCUT2D eigenvalue weighted by atomic mass is 14.5. The molecule has 4 saturated carbocycles. The summed E-state index contributed by atoms with van der Waals surface area (Å²) in [5, 5.41) is 0. The van der Waals surface area contributed by atoms with Crippen molar-refractivity contribution in [3.8, 4) is 0 Å². The largest absolute Gasteiger partial charge is 0.0528 e. The van der Waals surface area contributed by atoms with Gasteiger partial charge >= 0.3 is 0 Å². The molecule has 4 unspecified atom stereocenters. The van der Waals surface area contributed by atoms with Crippen molar-refractivity contribution in [2.45, 2.75) is 83.5 Å². The molecule has 0 aromatic heterocycles. The van der Waals surface area contributed by atoms with Crippen LogP contribution in [0.15, 0.2) is 0 Å². The van der Waals surface area contributed by atoms with Crippen molar-refractivity contribution in [3.05, 3.63) is 12.3 Å². The molecule has 0 heteroatoms. The lowest BCUT2D eigenvalue weighted by Crippen LogP contribution is -2.30. The smallest absolute Gasteiger partial charge is 0.0207 e. The first kappa shape index (κ1) is 13.6. The number of hydrogen-bond acceptors (Lipinski definition) is 0. The zero-order chi connectivity index (χ0) is 13.4. The van der Waals surface area contributed by atoms with Gasteiger partial charge in [-0.15, -0.1) is 0 Å². The van der Waals surface area contributed by atoms with Gasteiger partial charge < -0.3 is 0 Å². The molecule has 4 aliphatic carbocycles. The molecule has 0 aromatic carbocycles. The van der Waals surface area contributed by atoms with Crippen molar-refractivity contribution in [1.29, 1.82) is 0 Å². The fraction of sp³-hybridized carbons (Fsp3) is 0.900. The monoisotopic (exact) mass is 272 g/mol. The molecule has 0 amide bonds. The summed E-state index contributed by atoms with van der Waals surface area (Å²) in [7, 11) is 0. The zero-order valence-corrected chi connectivity index (χ0v) is 13.2. The summed E-state index contributed by atoms with van der Waals surface area (Å²) >= 11 is 0. The van der Waals surface area contributed by atoms with Gasteiger partial charge in [-0.2, -0.15) is 0 Å². The van der Waals surface area contributed by atoms with Gasteiger partial charge in [-0.1, -0.05) is 25.7 Å². The third-order valence-corrected chi connectivity index (χ3v) is 7.14. The topological polar surface area (TPSA) is 0 Å². The predicted molar refractivity (Wildman–Crippen MR) is 85.0 cm³/mol. The molecule has 0 N–H and O–H groups in total. The Morgan fingerprint density at radius 2 is 1.45 bits per heavy atom. The second-order valence-electron chi connectivity index (χ2n) is 8.25. The lowest BCUT2D eigenvalue weighted by Gasteiger charge is -2.40. The first-order valence-corrected chi connectivity index (χ1v) is 9.58. The van der Waals surface area contributed by atoms with Crippen LogP contribution in [0.5, 0.6) is 0 Å². The maximum atomic E-state index is 2.54. The predicted octanol–water partition coefficient (Wildman–Crippen LogP) is 5.97. The van der Waals surface area contributed by atoms with E-state index in [1.807, 2.05) is 5.92 Å². The average Bonchev–Trinajstić information content (AvgIpc) is 3.25. The third kappa shape index (κ3) is 2.81. The Bertz CT molecular complexity index is 310. The normalized spacial score (nSPS) is 43.8. The zero-order valence-electron chi connectivity index (χ0n) is 13.2. The summed E-state index contributed by atoms with van der Waals surface area (Å²) in [4.78, 5) is 0. The van der Waals surface area contributed by atoms with Gasteiger partial charge in [0.15, 0.2) is 0 Å². The third-order valence-electron chi connectivity index (χ3n) is 7.14. The van der Waals surface area contributed by atoms with Crippen LogP contribution in [-0.2, 0) is 0 Å². The fourth-order valence-electron chi connectivity index (χ4n) is 6.01. The molecule has 0 bridgehead atoms. The van der Waals surface area contributed by atoms with Crippen molar-refractivity contribution >= 4 is 0 Å². The minimum absolute atomic E-state index is 1.08. The molecule has 0 aromatic rings. The van der Waals surface area contributed by atoms with Crippen molar-refractivity contribution in [1.82, 2.24) is 0 Å². The van der Waals surface area contributed by atoms with Gasteiger partial charge in [0.1, 0.15) is 0 Å². The van der Waals surface area contributed by atoms with Crippen LogP contribution in [0.4, 0.5) is 0 Å². The number of hydrogen-bond donors (Lipinski definition) is 0. The van der Waals surface area contributed by atoms with Crippen LogP contribution >= 0.6 is 0 Å². The van der Waals surface area contributed by atoms with E-state index in [-0.39, 0.29) is 0 Å². The Labute approximate surface area is 126 Å². The highest BCUT2D eigenvalue weighted by molar-refractivity contribution is 5.13. The second kappa shape index (κ2) is 6.01. The lowest BCUT2D eigenvalue weighted by atomic mass is 9.66.